The van der Waals surface area contributed by atoms with Gasteiger partial charge in [-0.1, -0.05) is 11.6 Å². The molecule has 0 bridgehead atoms. The van der Waals surface area contributed by atoms with Crippen molar-refractivity contribution in [3.05, 3.63) is 58.5 Å². The first kappa shape index (κ1) is 23.9. The summed E-state index contributed by atoms with van der Waals surface area (Å²) in [6, 6.07) is 9.19. The second-order valence-electron chi connectivity index (χ2n) is 6.98. The Kier molecular flexibility index (Phi) is 7.69. The van der Waals surface area contributed by atoms with Crippen LogP contribution in [0, 0.1) is 0 Å². The summed E-state index contributed by atoms with van der Waals surface area (Å²) in [5.41, 5.74) is 0.809. The monoisotopic (exact) mass is 479 g/mol. The molecule has 172 valence electrons. The standard InChI is InChI=1S/C23H26ClNO6S/c1-4-29-20-13-16(14-21(30-5-2)22(20)31-6-3)23(26)25(18-9-7-17(24)8-10-18)19-11-12-32(27,28)15-19/h7-14,19H,4-6,15H2,1-3H3. The molecule has 9 heteroatoms. The highest BCUT2D eigenvalue weighted by Gasteiger charge is 2.33. The van der Waals surface area contributed by atoms with E-state index in [0.29, 0.717) is 47.8 Å². The van der Waals surface area contributed by atoms with Crippen molar-refractivity contribution >= 4 is 33.0 Å². The molecule has 1 aliphatic rings. The summed E-state index contributed by atoms with van der Waals surface area (Å²) in [6.45, 7) is 6.65. The van der Waals surface area contributed by atoms with Crippen molar-refractivity contribution in [3.63, 3.8) is 0 Å². The topological polar surface area (TPSA) is 82.1 Å². The molecule has 0 saturated carbocycles. The Morgan fingerprint density at radius 3 is 2.03 bits per heavy atom. The van der Waals surface area contributed by atoms with E-state index in [4.69, 9.17) is 25.8 Å². The van der Waals surface area contributed by atoms with Crippen LogP contribution in [0.25, 0.3) is 0 Å². The zero-order valence-electron chi connectivity index (χ0n) is 18.2. The number of carbonyl (C=O) groups excluding carboxylic acids is 1. The van der Waals surface area contributed by atoms with Gasteiger partial charge in [-0.3, -0.25) is 4.79 Å². The van der Waals surface area contributed by atoms with E-state index in [1.807, 2.05) is 20.8 Å². The Hall–Kier alpha value is -2.71. The highest BCUT2D eigenvalue weighted by Crippen LogP contribution is 2.40. The van der Waals surface area contributed by atoms with Crippen molar-refractivity contribution in [3.8, 4) is 17.2 Å². The lowest BCUT2D eigenvalue weighted by Gasteiger charge is -2.28. The quantitative estimate of drug-likeness (QED) is 0.527. The molecule has 2 aromatic carbocycles. The number of amides is 1. The second kappa shape index (κ2) is 10.3. The van der Waals surface area contributed by atoms with E-state index in [2.05, 4.69) is 0 Å². The fraction of sp³-hybridized carbons (Fsp3) is 0.348. The highest BCUT2D eigenvalue weighted by molar-refractivity contribution is 7.94. The Morgan fingerprint density at radius 1 is 1.00 bits per heavy atom. The minimum absolute atomic E-state index is 0.199. The van der Waals surface area contributed by atoms with Crippen LogP contribution in [0.2, 0.25) is 5.02 Å². The van der Waals surface area contributed by atoms with Crippen LogP contribution >= 0.6 is 11.6 Å². The van der Waals surface area contributed by atoms with Gasteiger partial charge in [-0.25, -0.2) is 8.42 Å². The predicted octanol–water partition coefficient (Wildman–Crippen LogP) is 4.49. The van der Waals surface area contributed by atoms with Crippen LogP contribution in [0.1, 0.15) is 31.1 Å². The van der Waals surface area contributed by atoms with Gasteiger partial charge in [0.2, 0.25) is 5.75 Å². The number of ether oxygens (including phenoxy) is 3. The summed E-state index contributed by atoms with van der Waals surface area (Å²) in [4.78, 5) is 15.2. The molecule has 0 saturated heterocycles. The van der Waals surface area contributed by atoms with Crippen molar-refractivity contribution < 1.29 is 27.4 Å². The van der Waals surface area contributed by atoms with E-state index in [0.717, 1.165) is 5.41 Å². The molecule has 0 aromatic heterocycles. The summed E-state index contributed by atoms with van der Waals surface area (Å²) in [6.07, 6.45) is 1.52. The highest BCUT2D eigenvalue weighted by atomic mass is 35.5. The number of anilines is 1. The van der Waals surface area contributed by atoms with Crippen LogP contribution < -0.4 is 19.1 Å². The fourth-order valence-electron chi connectivity index (χ4n) is 3.43. The number of hydrogen-bond donors (Lipinski definition) is 0. The van der Waals surface area contributed by atoms with Gasteiger partial charge in [0, 0.05) is 21.7 Å². The van der Waals surface area contributed by atoms with E-state index in [1.165, 1.54) is 11.0 Å². The summed E-state index contributed by atoms with van der Waals surface area (Å²) in [7, 11) is -3.39. The van der Waals surface area contributed by atoms with E-state index in [-0.39, 0.29) is 11.3 Å². The van der Waals surface area contributed by atoms with Gasteiger partial charge < -0.3 is 19.1 Å². The van der Waals surface area contributed by atoms with Crippen LogP contribution in [-0.4, -0.2) is 45.9 Å². The molecular weight excluding hydrogens is 454 g/mol. The van der Waals surface area contributed by atoms with Gasteiger partial charge in [0.1, 0.15) is 0 Å². The third-order valence-corrected chi connectivity index (χ3v) is 6.35. The number of rotatable bonds is 9. The van der Waals surface area contributed by atoms with Crippen LogP contribution in [0.3, 0.4) is 0 Å². The summed E-state index contributed by atoms with van der Waals surface area (Å²) in [5.74, 6) is 0.594. The lowest BCUT2D eigenvalue weighted by molar-refractivity contribution is 0.0982. The maximum Gasteiger partial charge on any atom is 0.259 e. The van der Waals surface area contributed by atoms with E-state index in [1.54, 1.807) is 36.4 Å². The number of nitrogens with zero attached hydrogens (tertiary/aromatic N) is 1. The first-order valence-electron chi connectivity index (χ1n) is 10.4. The van der Waals surface area contributed by atoms with E-state index < -0.39 is 21.8 Å². The minimum Gasteiger partial charge on any atom is -0.490 e. The van der Waals surface area contributed by atoms with Gasteiger partial charge in [-0.05, 0) is 63.2 Å². The molecule has 1 heterocycles. The van der Waals surface area contributed by atoms with Crippen molar-refractivity contribution in [2.75, 3.05) is 30.5 Å². The number of sulfone groups is 1. The molecule has 0 spiro atoms. The molecule has 1 aliphatic heterocycles. The first-order valence-corrected chi connectivity index (χ1v) is 12.5. The first-order chi connectivity index (χ1) is 15.3. The molecule has 2 aromatic rings. The summed E-state index contributed by atoms with van der Waals surface area (Å²) >= 11 is 6.02. The van der Waals surface area contributed by atoms with Crippen LogP contribution in [0.5, 0.6) is 17.2 Å². The number of hydrogen-bond acceptors (Lipinski definition) is 6. The molecule has 0 radical (unpaired) electrons. The van der Waals surface area contributed by atoms with Gasteiger partial charge in [-0.2, -0.15) is 0 Å². The average Bonchev–Trinajstić information content (AvgIpc) is 3.11. The third kappa shape index (κ3) is 5.37. The Balaban J connectivity index is 2.10. The normalized spacial score (nSPS) is 16.6. The van der Waals surface area contributed by atoms with Gasteiger partial charge in [0.15, 0.2) is 21.3 Å². The van der Waals surface area contributed by atoms with E-state index in [9.17, 15) is 13.2 Å². The number of carbonyl (C=O) groups is 1. The largest absolute Gasteiger partial charge is 0.490 e. The number of halogens is 1. The lowest BCUT2D eigenvalue weighted by atomic mass is 10.1. The van der Waals surface area contributed by atoms with Gasteiger partial charge in [0.05, 0.1) is 31.6 Å². The summed E-state index contributed by atoms with van der Waals surface area (Å²) < 4.78 is 41.3. The van der Waals surface area contributed by atoms with E-state index >= 15 is 0 Å². The molecule has 0 aliphatic carbocycles. The SMILES string of the molecule is CCOc1cc(C(=O)N(c2ccc(Cl)cc2)C2C=CS(=O)(=O)C2)cc(OCC)c1OCC. The Morgan fingerprint density at radius 2 is 1.56 bits per heavy atom. The Labute approximate surface area is 193 Å². The van der Waals surface area contributed by atoms with Crippen molar-refractivity contribution in [1.29, 1.82) is 0 Å². The smallest absolute Gasteiger partial charge is 0.259 e. The van der Waals surface area contributed by atoms with Crippen LogP contribution in [0.4, 0.5) is 5.69 Å². The summed E-state index contributed by atoms with van der Waals surface area (Å²) in [5, 5.41) is 1.65. The molecule has 1 unspecified atom stereocenters. The second-order valence-corrected chi connectivity index (χ2v) is 9.35. The lowest BCUT2D eigenvalue weighted by Crippen LogP contribution is -2.41. The maximum atomic E-state index is 13.7. The van der Waals surface area contributed by atoms with Crippen LogP contribution in [0.15, 0.2) is 47.9 Å². The Bertz CT molecular complexity index is 1070. The molecule has 0 N–H and O–H groups in total. The molecule has 1 amide bonds. The predicted molar refractivity (Wildman–Crippen MR) is 125 cm³/mol. The average molecular weight is 480 g/mol. The van der Waals surface area contributed by atoms with Gasteiger partial charge in [-0.15, -0.1) is 0 Å². The zero-order valence-corrected chi connectivity index (χ0v) is 19.8. The fourth-order valence-corrected chi connectivity index (χ4v) is 4.83. The molecule has 0 fully saturated rings. The molecular formula is C23H26ClNO6S. The molecule has 32 heavy (non-hydrogen) atoms. The zero-order chi connectivity index (χ0) is 23.3. The van der Waals surface area contributed by atoms with Crippen LogP contribution in [-0.2, 0) is 9.84 Å². The minimum atomic E-state index is -3.39. The van der Waals surface area contributed by atoms with Gasteiger partial charge >= 0.3 is 0 Å². The van der Waals surface area contributed by atoms with Crippen molar-refractivity contribution in [2.45, 2.75) is 26.8 Å². The maximum absolute atomic E-state index is 13.7. The van der Waals surface area contributed by atoms with Crippen molar-refractivity contribution in [1.82, 2.24) is 0 Å². The molecule has 3 rings (SSSR count). The molecule has 1 atom stereocenters. The van der Waals surface area contributed by atoms with Gasteiger partial charge in [0.25, 0.3) is 5.91 Å². The van der Waals surface area contributed by atoms with Crippen molar-refractivity contribution in [2.24, 2.45) is 0 Å². The molecule has 7 nitrogen and oxygen atoms in total. The number of benzene rings is 2. The third-order valence-electron chi connectivity index (χ3n) is 4.72.